The summed E-state index contributed by atoms with van der Waals surface area (Å²) in [7, 11) is -3.81. The second-order valence-corrected chi connectivity index (χ2v) is 9.54. The van der Waals surface area contributed by atoms with Crippen molar-refractivity contribution >= 4 is 44.0 Å². The number of anilines is 1. The molecule has 1 amide bonds. The molecule has 0 saturated carbocycles. The molecule has 1 aromatic heterocycles. The van der Waals surface area contributed by atoms with Crippen molar-refractivity contribution in [2.75, 3.05) is 31.6 Å². The van der Waals surface area contributed by atoms with E-state index in [2.05, 4.69) is 15.5 Å². The fraction of sp³-hybridized carbons (Fsp3) is 0.438. The Kier molecular flexibility index (Phi) is 6.11. The number of benzene rings is 1. The predicted molar refractivity (Wildman–Crippen MR) is 103 cm³/mol. The van der Waals surface area contributed by atoms with E-state index in [1.807, 2.05) is 13.8 Å². The van der Waals surface area contributed by atoms with Crippen LogP contribution in [0.5, 0.6) is 0 Å². The standard InChI is InChI=1S/C16H19ClN4O4S2/c1-10(2)15-19-20-16(26-15)18-14(22)11-3-4-12(17)13(9-11)27(23,24)21-5-7-25-8-6-21/h3-4,9-10H,5-8H2,1-2H3,(H,18,20,22). The molecule has 1 aliphatic rings. The summed E-state index contributed by atoms with van der Waals surface area (Å²) in [5.41, 5.74) is 0.174. The molecule has 0 aliphatic carbocycles. The number of ether oxygens (including phenoxy) is 1. The lowest BCUT2D eigenvalue weighted by Gasteiger charge is -2.26. The van der Waals surface area contributed by atoms with Gasteiger partial charge in [0.1, 0.15) is 9.90 Å². The van der Waals surface area contributed by atoms with Gasteiger partial charge in [-0.05, 0) is 18.2 Å². The molecule has 2 aromatic rings. The Hall–Kier alpha value is -1.59. The van der Waals surface area contributed by atoms with Gasteiger partial charge >= 0.3 is 0 Å². The molecule has 1 saturated heterocycles. The van der Waals surface area contributed by atoms with E-state index in [1.54, 1.807) is 0 Å². The normalized spacial score (nSPS) is 15.9. The van der Waals surface area contributed by atoms with Crippen molar-refractivity contribution in [1.29, 1.82) is 0 Å². The van der Waals surface area contributed by atoms with Crippen LogP contribution >= 0.6 is 22.9 Å². The second kappa shape index (κ2) is 8.19. The zero-order chi connectivity index (χ0) is 19.6. The number of hydrogen-bond acceptors (Lipinski definition) is 7. The zero-order valence-electron chi connectivity index (χ0n) is 14.8. The number of rotatable bonds is 5. The van der Waals surface area contributed by atoms with Crippen LogP contribution in [0.15, 0.2) is 23.1 Å². The fourth-order valence-electron chi connectivity index (χ4n) is 2.46. The molecule has 0 bridgehead atoms. The predicted octanol–water partition coefficient (Wildman–Crippen LogP) is 2.59. The average Bonchev–Trinajstić information content (AvgIpc) is 3.11. The number of amides is 1. The number of hydrogen-bond donors (Lipinski definition) is 1. The Labute approximate surface area is 166 Å². The van der Waals surface area contributed by atoms with Gasteiger partial charge in [0, 0.05) is 24.6 Å². The van der Waals surface area contributed by atoms with Gasteiger partial charge in [0.15, 0.2) is 0 Å². The molecular weight excluding hydrogens is 412 g/mol. The largest absolute Gasteiger partial charge is 0.379 e. The summed E-state index contributed by atoms with van der Waals surface area (Å²) in [5, 5.41) is 11.8. The summed E-state index contributed by atoms with van der Waals surface area (Å²) in [6.45, 7) is 5.11. The van der Waals surface area contributed by atoms with Crippen LogP contribution in [0, 0.1) is 0 Å². The van der Waals surface area contributed by atoms with Crippen molar-refractivity contribution in [2.45, 2.75) is 24.7 Å². The molecule has 2 heterocycles. The Morgan fingerprint density at radius 3 is 2.63 bits per heavy atom. The topological polar surface area (TPSA) is 101 Å². The number of nitrogens with zero attached hydrogens (tertiary/aromatic N) is 3. The molecule has 1 aliphatic heterocycles. The Bertz CT molecular complexity index is 940. The van der Waals surface area contributed by atoms with E-state index < -0.39 is 15.9 Å². The number of morpholine rings is 1. The molecule has 0 atom stereocenters. The molecule has 27 heavy (non-hydrogen) atoms. The fourth-order valence-corrected chi connectivity index (χ4v) is 5.11. The molecule has 0 unspecified atom stereocenters. The second-order valence-electron chi connectivity index (χ2n) is 6.22. The zero-order valence-corrected chi connectivity index (χ0v) is 17.2. The highest BCUT2D eigenvalue weighted by Gasteiger charge is 2.29. The number of carbonyl (C=O) groups excluding carboxylic acids is 1. The van der Waals surface area contributed by atoms with E-state index in [4.69, 9.17) is 16.3 Å². The molecule has 3 rings (SSSR count). The van der Waals surface area contributed by atoms with Crippen LogP contribution in [0.25, 0.3) is 0 Å². The molecule has 11 heteroatoms. The quantitative estimate of drug-likeness (QED) is 0.782. The highest BCUT2D eigenvalue weighted by Crippen LogP contribution is 2.27. The summed E-state index contributed by atoms with van der Waals surface area (Å²) in [6.07, 6.45) is 0. The maximum absolute atomic E-state index is 12.9. The minimum absolute atomic E-state index is 0.0658. The third-order valence-electron chi connectivity index (χ3n) is 3.94. The van der Waals surface area contributed by atoms with Gasteiger partial charge in [-0.3, -0.25) is 10.1 Å². The van der Waals surface area contributed by atoms with Crippen LogP contribution in [-0.2, 0) is 14.8 Å². The Balaban J connectivity index is 1.84. The summed E-state index contributed by atoms with van der Waals surface area (Å²) >= 11 is 7.39. The highest BCUT2D eigenvalue weighted by molar-refractivity contribution is 7.89. The first-order valence-electron chi connectivity index (χ1n) is 8.31. The molecular formula is C16H19ClN4O4S2. The smallest absolute Gasteiger partial charge is 0.257 e. The summed E-state index contributed by atoms with van der Waals surface area (Å²) < 4.78 is 32.2. The number of nitrogens with one attached hydrogen (secondary N) is 1. The van der Waals surface area contributed by atoms with Gasteiger partial charge in [-0.25, -0.2) is 8.42 Å². The summed E-state index contributed by atoms with van der Waals surface area (Å²) in [5.74, 6) is -0.273. The maximum Gasteiger partial charge on any atom is 0.257 e. The minimum Gasteiger partial charge on any atom is -0.379 e. The van der Waals surface area contributed by atoms with Crippen molar-refractivity contribution in [1.82, 2.24) is 14.5 Å². The van der Waals surface area contributed by atoms with Gasteiger partial charge in [0.2, 0.25) is 15.2 Å². The lowest BCUT2D eigenvalue weighted by atomic mass is 10.2. The lowest BCUT2D eigenvalue weighted by Crippen LogP contribution is -2.40. The van der Waals surface area contributed by atoms with E-state index >= 15 is 0 Å². The summed E-state index contributed by atoms with van der Waals surface area (Å²) in [6, 6.07) is 4.16. The molecule has 8 nitrogen and oxygen atoms in total. The van der Waals surface area contributed by atoms with Crippen LogP contribution in [0.1, 0.15) is 35.1 Å². The third-order valence-corrected chi connectivity index (χ3v) is 7.46. The SMILES string of the molecule is CC(C)c1nnc(NC(=O)c2ccc(Cl)c(S(=O)(=O)N3CCOCC3)c2)s1. The summed E-state index contributed by atoms with van der Waals surface area (Å²) in [4.78, 5) is 12.4. The molecule has 146 valence electrons. The van der Waals surface area contributed by atoms with Crippen molar-refractivity contribution in [3.05, 3.63) is 33.8 Å². The van der Waals surface area contributed by atoms with Crippen molar-refractivity contribution in [2.24, 2.45) is 0 Å². The van der Waals surface area contributed by atoms with E-state index in [0.29, 0.717) is 18.3 Å². The molecule has 1 fully saturated rings. The van der Waals surface area contributed by atoms with Crippen LogP contribution < -0.4 is 5.32 Å². The van der Waals surface area contributed by atoms with Gasteiger partial charge in [0.25, 0.3) is 5.91 Å². The molecule has 0 radical (unpaired) electrons. The molecule has 1 N–H and O–H groups in total. The van der Waals surface area contributed by atoms with Gasteiger partial charge < -0.3 is 4.74 Å². The van der Waals surface area contributed by atoms with Crippen LogP contribution in [0.2, 0.25) is 5.02 Å². The van der Waals surface area contributed by atoms with Crippen molar-refractivity contribution in [3.8, 4) is 0 Å². The van der Waals surface area contributed by atoms with Crippen LogP contribution in [0.3, 0.4) is 0 Å². The number of aromatic nitrogens is 2. The molecule has 0 spiro atoms. The lowest BCUT2D eigenvalue weighted by molar-refractivity contribution is 0.0730. The first-order chi connectivity index (χ1) is 12.8. The highest BCUT2D eigenvalue weighted by atomic mass is 35.5. The monoisotopic (exact) mass is 430 g/mol. The first kappa shape index (κ1) is 20.2. The number of halogens is 1. The number of carbonyl (C=O) groups is 1. The van der Waals surface area contributed by atoms with Crippen LogP contribution in [-0.4, -0.2) is 55.1 Å². The van der Waals surface area contributed by atoms with Gasteiger partial charge in [-0.15, -0.1) is 10.2 Å². The van der Waals surface area contributed by atoms with Gasteiger partial charge in [0.05, 0.1) is 18.2 Å². The van der Waals surface area contributed by atoms with E-state index in [-0.39, 0.29) is 34.5 Å². The molecule has 1 aromatic carbocycles. The average molecular weight is 431 g/mol. The van der Waals surface area contributed by atoms with E-state index in [1.165, 1.54) is 33.8 Å². The van der Waals surface area contributed by atoms with E-state index in [9.17, 15) is 13.2 Å². The van der Waals surface area contributed by atoms with Crippen LogP contribution in [0.4, 0.5) is 5.13 Å². The van der Waals surface area contributed by atoms with Crippen molar-refractivity contribution in [3.63, 3.8) is 0 Å². The number of sulfonamides is 1. The van der Waals surface area contributed by atoms with Gasteiger partial charge in [-0.2, -0.15) is 4.31 Å². The minimum atomic E-state index is -3.81. The Morgan fingerprint density at radius 1 is 1.30 bits per heavy atom. The van der Waals surface area contributed by atoms with E-state index in [0.717, 1.165) is 5.01 Å². The van der Waals surface area contributed by atoms with Gasteiger partial charge in [-0.1, -0.05) is 36.8 Å². The maximum atomic E-state index is 12.9. The Morgan fingerprint density at radius 2 is 2.00 bits per heavy atom. The van der Waals surface area contributed by atoms with Crippen molar-refractivity contribution < 1.29 is 17.9 Å². The third kappa shape index (κ3) is 4.46. The first-order valence-corrected chi connectivity index (χ1v) is 10.9.